The smallest absolute Gasteiger partial charge is 0.119 e. The van der Waals surface area contributed by atoms with Gasteiger partial charge in [-0.1, -0.05) is 22.0 Å². The fourth-order valence-corrected chi connectivity index (χ4v) is 2.04. The van der Waals surface area contributed by atoms with Crippen LogP contribution in [0.4, 0.5) is 0 Å². The van der Waals surface area contributed by atoms with Gasteiger partial charge in [-0.25, -0.2) is 0 Å². The van der Waals surface area contributed by atoms with Crippen LogP contribution in [0.15, 0.2) is 34.8 Å². The molecule has 72 valence electrons. The second-order valence-corrected chi connectivity index (χ2v) is 4.13. The summed E-state index contributed by atoms with van der Waals surface area (Å²) in [6.45, 7) is 2.11. The van der Waals surface area contributed by atoms with Gasteiger partial charge < -0.3 is 4.74 Å². The molecule has 0 aliphatic rings. The van der Waals surface area contributed by atoms with Crippen molar-refractivity contribution in [1.82, 2.24) is 0 Å². The summed E-state index contributed by atoms with van der Waals surface area (Å²) in [4.78, 5) is 0. The Morgan fingerprint density at radius 1 is 1.07 bits per heavy atom. The highest BCUT2D eigenvalue weighted by Gasteiger charge is 2.02. The minimum absolute atomic E-state index is 0.902. The van der Waals surface area contributed by atoms with Gasteiger partial charge in [-0.05, 0) is 47.5 Å². The van der Waals surface area contributed by atoms with Gasteiger partial charge in [0.15, 0.2) is 0 Å². The molecule has 14 heavy (non-hydrogen) atoms. The molecule has 2 rings (SSSR count). The molecule has 0 aromatic heterocycles. The van der Waals surface area contributed by atoms with E-state index in [-0.39, 0.29) is 0 Å². The quantitative estimate of drug-likeness (QED) is 0.746. The first-order valence-electron chi connectivity index (χ1n) is 4.45. The minimum atomic E-state index is 0.902. The van der Waals surface area contributed by atoms with E-state index in [0.29, 0.717) is 0 Å². The van der Waals surface area contributed by atoms with E-state index in [1.807, 2.05) is 6.07 Å². The van der Waals surface area contributed by atoms with E-state index >= 15 is 0 Å². The number of fused-ring (bicyclic) bond motifs is 1. The maximum Gasteiger partial charge on any atom is 0.119 e. The van der Waals surface area contributed by atoms with Gasteiger partial charge in [0.2, 0.25) is 0 Å². The van der Waals surface area contributed by atoms with Gasteiger partial charge in [0, 0.05) is 4.47 Å². The van der Waals surface area contributed by atoms with Crippen molar-refractivity contribution in [1.29, 1.82) is 0 Å². The molecule has 0 atom stereocenters. The first-order chi connectivity index (χ1) is 6.72. The predicted molar refractivity (Wildman–Crippen MR) is 62.9 cm³/mol. The maximum atomic E-state index is 5.20. The standard InChI is InChI=1S/C12H11BrO/c1-8-3-6-12(13)10-5-4-9(14-2)7-11(8)10/h3-7H,1-2H3. The summed E-state index contributed by atoms with van der Waals surface area (Å²) >= 11 is 3.54. The average Bonchev–Trinajstić information content (AvgIpc) is 2.23. The van der Waals surface area contributed by atoms with Crippen molar-refractivity contribution in [2.45, 2.75) is 6.92 Å². The van der Waals surface area contributed by atoms with Crippen LogP contribution in [-0.2, 0) is 0 Å². The molecule has 0 amide bonds. The monoisotopic (exact) mass is 250 g/mol. The van der Waals surface area contributed by atoms with Crippen LogP contribution in [0.3, 0.4) is 0 Å². The Morgan fingerprint density at radius 2 is 1.86 bits per heavy atom. The molecule has 0 saturated heterocycles. The molecule has 0 unspecified atom stereocenters. The van der Waals surface area contributed by atoms with Crippen LogP contribution in [0.2, 0.25) is 0 Å². The highest BCUT2D eigenvalue weighted by molar-refractivity contribution is 9.10. The summed E-state index contributed by atoms with van der Waals surface area (Å²) in [5.41, 5.74) is 1.27. The lowest BCUT2D eigenvalue weighted by atomic mass is 10.1. The Hall–Kier alpha value is -1.02. The normalized spacial score (nSPS) is 10.5. The minimum Gasteiger partial charge on any atom is -0.497 e. The highest BCUT2D eigenvalue weighted by atomic mass is 79.9. The maximum absolute atomic E-state index is 5.20. The molecule has 0 radical (unpaired) electrons. The van der Waals surface area contributed by atoms with Gasteiger partial charge in [0.1, 0.15) is 5.75 Å². The zero-order chi connectivity index (χ0) is 10.1. The molecule has 0 spiro atoms. The summed E-state index contributed by atoms with van der Waals surface area (Å²) < 4.78 is 6.33. The van der Waals surface area contributed by atoms with E-state index in [4.69, 9.17) is 4.74 Å². The highest BCUT2D eigenvalue weighted by Crippen LogP contribution is 2.29. The van der Waals surface area contributed by atoms with Gasteiger partial charge >= 0.3 is 0 Å². The van der Waals surface area contributed by atoms with Crippen molar-refractivity contribution in [3.63, 3.8) is 0 Å². The molecule has 0 aliphatic heterocycles. The third-order valence-electron chi connectivity index (χ3n) is 2.39. The molecular weight excluding hydrogens is 240 g/mol. The van der Waals surface area contributed by atoms with Crippen molar-refractivity contribution < 1.29 is 4.74 Å². The summed E-state index contributed by atoms with van der Waals surface area (Å²) in [6.07, 6.45) is 0. The Morgan fingerprint density at radius 3 is 2.57 bits per heavy atom. The van der Waals surface area contributed by atoms with Gasteiger partial charge in [0.25, 0.3) is 0 Å². The number of benzene rings is 2. The Kier molecular flexibility index (Phi) is 2.46. The fraction of sp³-hybridized carbons (Fsp3) is 0.167. The zero-order valence-corrected chi connectivity index (χ0v) is 9.76. The number of ether oxygens (including phenoxy) is 1. The van der Waals surface area contributed by atoms with E-state index in [1.54, 1.807) is 7.11 Å². The molecule has 0 saturated carbocycles. The molecule has 1 nitrogen and oxygen atoms in total. The zero-order valence-electron chi connectivity index (χ0n) is 8.17. The lowest BCUT2D eigenvalue weighted by Crippen LogP contribution is -1.84. The van der Waals surface area contributed by atoms with E-state index in [9.17, 15) is 0 Å². The first kappa shape index (κ1) is 9.53. The van der Waals surface area contributed by atoms with Gasteiger partial charge in [-0.2, -0.15) is 0 Å². The topological polar surface area (TPSA) is 9.23 Å². The molecule has 2 aromatic rings. The van der Waals surface area contributed by atoms with Crippen molar-refractivity contribution in [3.8, 4) is 5.75 Å². The van der Waals surface area contributed by atoms with Gasteiger partial charge in [-0.15, -0.1) is 0 Å². The van der Waals surface area contributed by atoms with Crippen LogP contribution in [0.5, 0.6) is 5.75 Å². The van der Waals surface area contributed by atoms with Gasteiger partial charge in [-0.3, -0.25) is 0 Å². The van der Waals surface area contributed by atoms with Crippen LogP contribution in [0, 0.1) is 6.92 Å². The van der Waals surface area contributed by atoms with E-state index in [1.165, 1.54) is 16.3 Å². The van der Waals surface area contributed by atoms with Crippen LogP contribution in [-0.4, -0.2) is 7.11 Å². The fourth-order valence-electron chi connectivity index (χ4n) is 1.56. The molecule has 0 N–H and O–H groups in total. The summed E-state index contributed by atoms with van der Waals surface area (Å²) in [5, 5.41) is 2.46. The Bertz CT molecular complexity index is 477. The lowest BCUT2D eigenvalue weighted by molar-refractivity contribution is 0.415. The second-order valence-electron chi connectivity index (χ2n) is 3.28. The number of aryl methyl sites for hydroxylation is 1. The predicted octanol–water partition coefficient (Wildman–Crippen LogP) is 3.92. The molecule has 0 fully saturated rings. The number of rotatable bonds is 1. The molecule has 0 bridgehead atoms. The third kappa shape index (κ3) is 1.50. The third-order valence-corrected chi connectivity index (χ3v) is 3.08. The van der Waals surface area contributed by atoms with Crippen LogP contribution >= 0.6 is 15.9 Å². The van der Waals surface area contributed by atoms with E-state index < -0.39 is 0 Å². The largest absolute Gasteiger partial charge is 0.497 e. The molecule has 2 heteroatoms. The SMILES string of the molecule is COc1ccc2c(Br)ccc(C)c2c1. The molecular formula is C12H11BrO. The van der Waals surface area contributed by atoms with Crippen LogP contribution in [0.1, 0.15) is 5.56 Å². The number of methoxy groups -OCH3 is 1. The van der Waals surface area contributed by atoms with Crippen molar-refractivity contribution in [2.75, 3.05) is 7.11 Å². The summed E-state index contributed by atoms with van der Waals surface area (Å²) in [6, 6.07) is 10.3. The van der Waals surface area contributed by atoms with Crippen molar-refractivity contribution in [2.24, 2.45) is 0 Å². The summed E-state index contributed by atoms with van der Waals surface area (Å²) in [7, 11) is 1.69. The molecule has 0 heterocycles. The Labute approximate surface area is 91.8 Å². The number of hydrogen-bond donors (Lipinski definition) is 0. The lowest BCUT2D eigenvalue weighted by Gasteiger charge is -2.06. The van der Waals surface area contributed by atoms with E-state index in [2.05, 4.69) is 47.1 Å². The average molecular weight is 251 g/mol. The first-order valence-corrected chi connectivity index (χ1v) is 5.24. The van der Waals surface area contributed by atoms with Crippen LogP contribution in [0.25, 0.3) is 10.8 Å². The Balaban J connectivity index is 2.80. The van der Waals surface area contributed by atoms with Crippen molar-refractivity contribution >= 4 is 26.7 Å². The molecule has 2 aromatic carbocycles. The van der Waals surface area contributed by atoms with Crippen LogP contribution < -0.4 is 4.74 Å². The summed E-state index contributed by atoms with van der Waals surface area (Å²) in [5.74, 6) is 0.902. The van der Waals surface area contributed by atoms with Crippen molar-refractivity contribution in [3.05, 3.63) is 40.4 Å². The number of halogens is 1. The van der Waals surface area contributed by atoms with E-state index in [0.717, 1.165) is 10.2 Å². The molecule has 0 aliphatic carbocycles. The van der Waals surface area contributed by atoms with Gasteiger partial charge in [0.05, 0.1) is 7.11 Å². The second kappa shape index (κ2) is 3.62. The number of hydrogen-bond acceptors (Lipinski definition) is 1.